The van der Waals surface area contributed by atoms with Gasteiger partial charge in [-0.2, -0.15) is 5.10 Å². The topological polar surface area (TPSA) is 62.5 Å². The van der Waals surface area contributed by atoms with Crippen molar-refractivity contribution in [3.63, 3.8) is 0 Å². The highest BCUT2D eigenvalue weighted by Gasteiger charge is 2.27. The van der Waals surface area contributed by atoms with Gasteiger partial charge in [-0.3, -0.25) is 4.79 Å². The number of anilines is 1. The summed E-state index contributed by atoms with van der Waals surface area (Å²) in [7, 11) is 0. The van der Waals surface area contributed by atoms with Crippen LogP contribution in [0.25, 0.3) is 16.8 Å². The van der Waals surface area contributed by atoms with E-state index in [1.807, 2.05) is 41.0 Å². The largest absolute Gasteiger partial charge is 0.354 e. The average molecular weight is 460 g/mol. The summed E-state index contributed by atoms with van der Waals surface area (Å²) >= 11 is 6.17. The lowest BCUT2D eigenvalue weighted by Gasteiger charge is -2.33. The molecule has 7 heteroatoms. The second-order valence-electron chi connectivity index (χ2n) is 8.61. The number of carbonyl (C=O) groups excluding carboxylic acids is 1. The maximum atomic E-state index is 12.9. The molecule has 2 aromatic carbocycles. The number of hydrogen-bond donors (Lipinski definition) is 1. The van der Waals surface area contributed by atoms with E-state index in [0.29, 0.717) is 18.1 Å². The molecule has 1 N–H and O–H groups in total. The van der Waals surface area contributed by atoms with Gasteiger partial charge in [-0.1, -0.05) is 53.6 Å². The third-order valence-electron chi connectivity index (χ3n) is 6.17. The Labute approximate surface area is 198 Å². The molecular formula is C26H26ClN5O. The Morgan fingerprint density at radius 1 is 1.18 bits per heavy atom. The monoisotopic (exact) mass is 459 g/mol. The second kappa shape index (κ2) is 9.24. The molecule has 2 aromatic heterocycles. The molecule has 1 fully saturated rings. The smallest absolute Gasteiger partial charge is 0.225 e. The first-order valence-electron chi connectivity index (χ1n) is 11.3. The van der Waals surface area contributed by atoms with Crippen LogP contribution in [0.15, 0.2) is 67.0 Å². The van der Waals surface area contributed by atoms with Gasteiger partial charge in [-0.05, 0) is 43.5 Å². The van der Waals surface area contributed by atoms with Crippen LogP contribution in [0.3, 0.4) is 0 Å². The van der Waals surface area contributed by atoms with Gasteiger partial charge in [0.25, 0.3) is 0 Å². The van der Waals surface area contributed by atoms with Crippen LogP contribution in [-0.2, 0) is 11.3 Å². The molecule has 33 heavy (non-hydrogen) atoms. The van der Waals surface area contributed by atoms with E-state index in [4.69, 9.17) is 16.7 Å². The fourth-order valence-corrected chi connectivity index (χ4v) is 4.55. The van der Waals surface area contributed by atoms with Crippen LogP contribution < -0.4 is 10.2 Å². The summed E-state index contributed by atoms with van der Waals surface area (Å²) in [5.41, 5.74) is 5.06. The van der Waals surface area contributed by atoms with Crippen LogP contribution in [-0.4, -0.2) is 33.6 Å². The minimum atomic E-state index is -0.0680. The predicted molar refractivity (Wildman–Crippen MR) is 131 cm³/mol. The minimum absolute atomic E-state index is 0.0680. The average Bonchev–Trinajstić information content (AvgIpc) is 3.28. The fraction of sp³-hybridized carbons (Fsp3) is 0.269. The van der Waals surface area contributed by atoms with E-state index >= 15 is 0 Å². The quantitative estimate of drug-likeness (QED) is 0.461. The van der Waals surface area contributed by atoms with Crippen molar-refractivity contribution >= 4 is 28.8 Å². The lowest BCUT2D eigenvalue weighted by Crippen LogP contribution is -2.43. The summed E-state index contributed by atoms with van der Waals surface area (Å²) in [6.07, 6.45) is 5.44. The Hall–Kier alpha value is -3.38. The van der Waals surface area contributed by atoms with Crippen LogP contribution in [0.5, 0.6) is 0 Å². The van der Waals surface area contributed by atoms with Crippen molar-refractivity contribution < 1.29 is 4.79 Å². The van der Waals surface area contributed by atoms with Crippen LogP contribution in [0, 0.1) is 12.8 Å². The molecule has 1 aliphatic heterocycles. The molecule has 1 aliphatic rings. The van der Waals surface area contributed by atoms with Crippen LogP contribution in [0.2, 0.25) is 5.02 Å². The summed E-state index contributed by atoms with van der Waals surface area (Å²) in [4.78, 5) is 19.8. The van der Waals surface area contributed by atoms with E-state index in [0.717, 1.165) is 47.5 Å². The number of rotatable bonds is 5. The number of nitrogens with zero attached hydrogens (tertiary/aromatic N) is 4. The molecule has 5 rings (SSSR count). The summed E-state index contributed by atoms with van der Waals surface area (Å²) in [6.45, 7) is 4.12. The van der Waals surface area contributed by atoms with Gasteiger partial charge in [0.05, 0.1) is 11.6 Å². The highest BCUT2D eigenvalue weighted by Crippen LogP contribution is 2.29. The van der Waals surface area contributed by atoms with Gasteiger partial charge in [0.1, 0.15) is 5.52 Å². The molecule has 0 unspecified atom stereocenters. The zero-order valence-electron chi connectivity index (χ0n) is 18.5. The molecule has 4 aromatic rings. The van der Waals surface area contributed by atoms with E-state index in [1.165, 1.54) is 5.56 Å². The van der Waals surface area contributed by atoms with Gasteiger partial charge >= 0.3 is 0 Å². The van der Waals surface area contributed by atoms with Gasteiger partial charge < -0.3 is 10.2 Å². The standard InChI is InChI=1S/C26H26ClN5O/c1-18-7-9-19(10-8-18)16-29-26(33)21-5-3-12-31(17-21)25-24-15-23(30-32(24)13-11-28-25)20-4-2-6-22(27)14-20/h2,4,6-11,13-15,21H,3,5,12,16-17H2,1H3,(H,29,33)/t21-/m1/s1. The molecule has 0 radical (unpaired) electrons. The molecule has 1 amide bonds. The number of carbonyl (C=O) groups is 1. The van der Waals surface area contributed by atoms with E-state index in [2.05, 4.69) is 46.4 Å². The molecule has 3 heterocycles. The molecule has 6 nitrogen and oxygen atoms in total. The SMILES string of the molecule is Cc1ccc(CNC(=O)[C@@H]2CCCN(c3nccn4nc(-c5cccc(Cl)c5)cc34)C2)cc1. The lowest BCUT2D eigenvalue weighted by molar-refractivity contribution is -0.125. The molecule has 1 saturated heterocycles. The van der Waals surface area contributed by atoms with Gasteiger partial charge in [-0.15, -0.1) is 0 Å². The maximum Gasteiger partial charge on any atom is 0.225 e. The number of amides is 1. The predicted octanol–water partition coefficient (Wildman–Crippen LogP) is 4.89. The molecular weight excluding hydrogens is 434 g/mol. The zero-order valence-corrected chi connectivity index (χ0v) is 19.3. The van der Waals surface area contributed by atoms with E-state index < -0.39 is 0 Å². The number of benzene rings is 2. The van der Waals surface area contributed by atoms with E-state index in [-0.39, 0.29) is 11.8 Å². The number of piperidine rings is 1. The second-order valence-corrected chi connectivity index (χ2v) is 9.05. The molecule has 168 valence electrons. The molecule has 1 atom stereocenters. The first-order chi connectivity index (χ1) is 16.1. The minimum Gasteiger partial charge on any atom is -0.354 e. The number of fused-ring (bicyclic) bond motifs is 1. The highest BCUT2D eigenvalue weighted by molar-refractivity contribution is 6.30. The molecule has 0 saturated carbocycles. The van der Waals surface area contributed by atoms with Crippen molar-refractivity contribution in [2.24, 2.45) is 5.92 Å². The Balaban J connectivity index is 1.33. The Bertz CT molecular complexity index is 1280. The van der Waals surface area contributed by atoms with Crippen molar-refractivity contribution in [2.45, 2.75) is 26.3 Å². The van der Waals surface area contributed by atoms with Crippen molar-refractivity contribution in [3.8, 4) is 11.3 Å². The van der Waals surface area contributed by atoms with E-state index in [1.54, 1.807) is 6.20 Å². The summed E-state index contributed by atoms with van der Waals surface area (Å²) < 4.78 is 1.85. The highest BCUT2D eigenvalue weighted by atomic mass is 35.5. The van der Waals surface area contributed by atoms with Crippen molar-refractivity contribution in [2.75, 3.05) is 18.0 Å². The lowest BCUT2D eigenvalue weighted by atomic mass is 9.97. The number of aryl methyl sites for hydroxylation is 1. The number of hydrogen-bond acceptors (Lipinski definition) is 4. The zero-order chi connectivity index (χ0) is 22.8. The summed E-state index contributed by atoms with van der Waals surface area (Å²) in [6, 6.07) is 18.0. The van der Waals surface area contributed by atoms with Crippen LogP contribution >= 0.6 is 11.6 Å². The van der Waals surface area contributed by atoms with Gasteiger partial charge in [0.2, 0.25) is 5.91 Å². The molecule has 0 spiro atoms. The van der Waals surface area contributed by atoms with Crippen molar-refractivity contribution in [1.29, 1.82) is 0 Å². The molecule has 0 bridgehead atoms. The number of halogens is 1. The maximum absolute atomic E-state index is 12.9. The fourth-order valence-electron chi connectivity index (χ4n) is 4.36. The Morgan fingerprint density at radius 3 is 2.85 bits per heavy atom. The normalized spacial score (nSPS) is 16.2. The van der Waals surface area contributed by atoms with Crippen molar-refractivity contribution in [3.05, 3.63) is 83.1 Å². The number of nitrogens with one attached hydrogen (secondary N) is 1. The third-order valence-corrected chi connectivity index (χ3v) is 6.40. The van der Waals surface area contributed by atoms with Gasteiger partial charge in [-0.25, -0.2) is 9.50 Å². The summed E-state index contributed by atoms with van der Waals surface area (Å²) in [5.74, 6) is 0.885. The summed E-state index contributed by atoms with van der Waals surface area (Å²) in [5, 5.41) is 8.51. The van der Waals surface area contributed by atoms with Crippen molar-refractivity contribution in [1.82, 2.24) is 19.9 Å². The third kappa shape index (κ3) is 4.71. The first kappa shape index (κ1) is 21.5. The van der Waals surface area contributed by atoms with Gasteiger partial charge in [0.15, 0.2) is 5.82 Å². The van der Waals surface area contributed by atoms with E-state index in [9.17, 15) is 4.79 Å². The Morgan fingerprint density at radius 2 is 2.03 bits per heavy atom. The van der Waals surface area contributed by atoms with Crippen LogP contribution in [0.4, 0.5) is 5.82 Å². The Kier molecular flexibility index (Phi) is 6.01. The first-order valence-corrected chi connectivity index (χ1v) is 11.6. The number of aromatic nitrogens is 3. The van der Waals surface area contributed by atoms with Gasteiger partial charge in [0, 0.05) is 42.6 Å². The van der Waals surface area contributed by atoms with Crippen LogP contribution in [0.1, 0.15) is 24.0 Å². The molecule has 0 aliphatic carbocycles.